The monoisotopic (exact) mass is 349 g/mol. The van der Waals surface area contributed by atoms with E-state index in [1.807, 2.05) is 7.05 Å². The molecule has 0 aliphatic heterocycles. The Morgan fingerprint density at radius 1 is 1.15 bits per heavy atom. The molecule has 0 bridgehead atoms. The first-order chi connectivity index (χ1) is 5.77. The van der Waals surface area contributed by atoms with Crippen molar-refractivity contribution in [3.05, 3.63) is 41.1 Å². The van der Waals surface area contributed by atoms with Crippen molar-refractivity contribution < 1.29 is 28.5 Å². The van der Waals surface area contributed by atoms with Crippen LogP contribution in [-0.4, -0.2) is 0 Å². The van der Waals surface area contributed by atoms with E-state index in [0.717, 1.165) is 4.60 Å². The van der Waals surface area contributed by atoms with E-state index in [1.165, 1.54) is 10.8 Å². The standard InChI is InChI=1S/C10H9BrN.HI/c1-12-7-9-5-3-2-4-8(9)6-10(12)11;/h2-7H,1H3;1H/q+1;/p-1. The molecular weight excluding hydrogens is 341 g/mol. The maximum atomic E-state index is 3.48. The smallest absolute Gasteiger partial charge is 0.248 e. The van der Waals surface area contributed by atoms with Crippen LogP contribution in [-0.2, 0) is 7.05 Å². The molecule has 0 saturated heterocycles. The fraction of sp³-hybridized carbons (Fsp3) is 0.100. The lowest BCUT2D eigenvalue weighted by atomic mass is 10.2. The van der Waals surface area contributed by atoms with Crippen LogP contribution in [0.15, 0.2) is 41.1 Å². The summed E-state index contributed by atoms with van der Waals surface area (Å²) in [7, 11) is 2.02. The third kappa shape index (κ3) is 2.20. The molecule has 1 aromatic heterocycles. The number of aryl methyl sites for hydroxylation is 1. The Balaban J connectivity index is 0.000000845. The van der Waals surface area contributed by atoms with Crippen molar-refractivity contribution in [1.82, 2.24) is 0 Å². The highest BCUT2D eigenvalue weighted by Crippen LogP contribution is 2.14. The summed E-state index contributed by atoms with van der Waals surface area (Å²) < 4.78 is 3.16. The zero-order valence-electron chi connectivity index (χ0n) is 7.17. The lowest BCUT2D eigenvalue weighted by Crippen LogP contribution is -3.00. The molecule has 0 N–H and O–H groups in total. The quantitative estimate of drug-likeness (QED) is 0.341. The number of hydrogen-bond acceptors (Lipinski definition) is 0. The number of fused-ring (bicyclic) bond motifs is 1. The van der Waals surface area contributed by atoms with E-state index >= 15 is 0 Å². The fourth-order valence-electron chi connectivity index (χ4n) is 1.26. The van der Waals surface area contributed by atoms with Gasteiger partial charge in [-0.05, 0) is 11.5 Å². The summed E-state index contributed by atoms with van der Waals surface area (Å²) in [6.45, 7) is 0. The minimum atomic E-state index is 0. The lowest BCUT2D eigenvalue weighted by molar-refractivity contribution is -0.681. The molecule has 0 amide bonds. The van der Waals surface area contributed by atoms with Crippen LogP contribution in [0.3, 0.4) is 0 Å². The van der Waals surface area contributed by atoms with Crippen LogP contribution in [0.4, 0.5) is 0 Å². The first-order valence-corrected chi connectivity index (χ1v) is 4.60. The van der Waals surface area contributed by atoms with Gasteiger partial charge in [0.25, 0.3) is 0 Å². The van der Waals surface area contributed by atoms with E-state index in [1.54, 1.807) is 0 Å². The van der Waals surface area contributed by atoms with Crippen LogP contribution in [0.1, 0.15) is 0 Å². The highest BCUT2D eigenvalue weighted by molar-refractivity contribution is 9.10. The summed E-state index contributed by atoms with van der Waals surface area (Å²) in [5.74, 6) is 0. The normalized spacial score (nSPS) is 9.69. The third-order valence-corrected chi connectivity index (χ3v) is 2.73. The first-order valence-electron chi connectivity index (χ1n) is 3.81. The Bertz CT molecular complexity index is 388. The van der Waals surface area contributed by atoms with E-state index in [0.29, 0.717) is 0 Å². The Morgan fingerprint density at radius 3 is 2.46 bits per heavy atom. The van der Waals surface area contributed by atoms with Crippen molar-refractivity contribution >= 4 is 26.7 Å². The third-order valence-electron chi connectivity index (χ3n) is 1.94. The van der Waals surface area contributed by atoms with E-state index < -0.39 is 0 Å². The lowest BCUT2D eigenvalue weighted by Gasteiger charge is -1.95. The Kier molecular flexibility index (Phi) is 3.67. The molecule has 0 spiro atoms. The molecule has 0 aliphatic rings. The van der Waals surface area contributed by atoms with Gasteiger partial charge in [0.2, 0.25) is 4.60 Å². The summed E-state index contributed by atoms with van der Waals surface area (Å²) in [5.41, 5.74) is 0. The predicted octanol–water partition coefficient (Wildman–Crippen LogP) is -0.569. The van der Waals surface area contributed by atoms with Crippen molar-refractivity contribution in [2.45, 2.75) is 0 Å². The van der Waals surface area contributed by atoms with Crippen molar-refractivity contribution in [3.8, 4) is 0 Å². The van der Waals surface area contributed by atoms with Gasteiger partial charge in [-0.25, -0.2) is 0 Å². The molecule has 13 heavy (non-hydrogen) atoms. The molecule has 1 aromatic carbocycles. The van der Waals surface area contributed by atoms with Crippen molar-refractivity contribution in [1.29, 1.82) is 0 Å². The number of hydrogen-bond donors (Lipinski definition) is 0. The first kappa shape index (κ1) is 10.9. The molecule has 0 saturated carbocycles. The molecular formula is C10H9BrIN. The molecule has 0 unspecified atom stereocenters. The number of halogens is 2. The van der Waals surface area contributed by atoms with Crippen LogP contribution in [0.2, 0.25) is 0 Å². The molecule has 2 aromatic rings. The second-order valence-electron chi connectivity index (χ2n) is 2.84. The molecule has 3 heteroatoms. The largest absolute Gasteiger partial charge is 1.00 e. The highest BCUT2D eigenvalue weighted by Gasteiger charge is 2.03. The summed E-state index contributed by atoms with van der Waals surface area (Å²) in [4.78, 5) is 0. The van der Waals surface area contributed by atoms with Crippen molar-refractivity contribution in [3.63, 3.8) is 0 Å². The van der Waals surface area contributed by atoms with Gasteiger partial charge in [0.05, 0.1) is 0 Å². The Morgan fingerprint density at radius 2 is 1.77 bits per heavy atom. The van der Waals surface area contributed by atoms with Gasteiger partial charge in [-0.2, -0.15) is 4.57 Å². The molecule has 68 valence electrons. The van der Waals surface area contributed by atoms with Crippen LogP contribution in [0, 0.1) is 0 Å². The van der Waals surface area contributed by atoms with Crippen LogP contribution >= 0.6 is 15.9 Å². The number of nitrogens with zero attached hydrogens (tertiary/aromatic N) is 1. The van der Waals surface area contributed by atoms with Gasteiger partial charge in [-0.3, -0.25) is 0 Å². The Hall–Kier alpha value is -0.160. The molecule has 0 aliphatic carbocycles. The topological polar surface area (TPSA) is 3.88 Å². The van der Waals surface area contributed by atoms with Gasteiger partial charge in [-0.1, -0.05) is 18.2 Å². The number of pyridine rings is 1. The van der Waals surface area contributed by atoms with E-state index in [-0.39, 0.29) is 24.0 Å². The minimum Gasteiger partial charge on any atom is -1.00 e. The molecule has 2 rings (SSSR count). The summed E-state index contributed by atoms with van der Waals surface area (Å²) in [6.07, 6.45) is 2.11. The second-order valence-corrected chi connectivity index (χ2v) is 3.65. The maximum absolute atomic E-state index is 3.48. The van der Waals surface area contributed by atoms with E-state index in [4.69, 9.17) is 0 Å². The van der Waals surface area contributed by atoms with Gasteiger partial charge in [0.15, 0.2) is 6.20 Å². The summed E-state index contributed by atoms with van der Waals surface area (Å²) in [6, 6.07) is 10.4. The van der Waals surface area contributed by atoms with E-state index in [2.05, 4.69) is 57.0 Å². The number of benzene rings is 1. The molecule has 0 radical (unpaired) electrons. The number of rotatable bonds is 0. The average Bonchev–Trinajstić information content (AvgIpc) is 2.07. The van der Waals surface area contributed by atoms with Gasteiger partial charge in [-0.15, -0.1) is 0 Å². The van der Waals surface area contributed by atoms with Gasteiger partial charge < -0.3 is 24.0 Å². The zero-order valence-corrected chi connectivity index (χ0v) is 10.9. The average molecular weight is 350 g/mol. The predicted molar refractivity (Wildman–Crippen MR) is 52.8 cm³/mol. The summed E-state index contributed by atoms with van der Waals surface area (Å²) in [5, 5.41) is 2.53. The SMILES string of the molecule is C[n+]1cc2ccccc2cc1Br.[I-]. The minimum absolute atomic E-state index is 0. The molecule has 1 heterocycles. The van der Waals surface area contributed by atoms with Crippen LogP contribution in [0.25, 0.3) is 10.8 Å². The molecule has 0 fully saturated rings. The fourth-order valence-corrected chi connectivity index (χ4v) is 1.61. The van der Waals surface area contributed by atoms with Crippen LogP contribution in [0.5, 0.6) is 0 Å². The van der Waals surface area contributed by atoms with Crippen molar-refractivity contribution in [2.75, 3.05) is 0 Å². The molecule has 1 nitrogen and oxygen atoms in total. The Labute approximate surface area is 103 Å². The summed E-state index contributed by atoms with van der Waals surface area (Å²) >= 11 is 3.48. The number of aromatic nitrogens is 1. The van der Waals surface area contributed by atoms with Crippen molar-refractivity contribution in [2.24, 2.45) is 7.05 Å². The second kappa shape index (κ2) is 4.37. The highest BCUT2D eigenvalue weighted by atomic mass is 127. The molecule has 0 atom stereocenters. The van der Waals surface area contributed by atoms with E-state index in [9.17, 15) is 0 Å². The van der Waals surface area contributed by atoms with Crippen LogP contribution < -0.4 is 28.5 Å². The maximum Gasteiger partial charge on any atom is 0.248 e. The zero-order chi connectivity index (χ0) is 8.55. The van der Waals surface area contributed by atoms with Gasteiger partial charge in [0.1, 0.15) is 7.05 Å². The van der Waals surface area contributed by atoms with Gasteiger partial charge >= 0.3 is 0 Å². The van der Waals surface area contributed by atoms with Gasteiger partial charge in [0, 0.05) is 27.4 Å².